The quantitative estimate of drug-likeness (QED) is 0.147. The number of hydrogen-bond donors (Lipinski definition) is 1. The van der Waals surface area contributed by atoms with Gasteiger partial charge in [-0.2, -0.15) is 0 Å². The van der Waals surface area contributed by atoms with Crippen LogP contribution in [0.25, 0.3) is 11.6 Å². The number of carbonyl (C=O) groups excluding carboxylic acids is 2. The molecule has 0 spiro atoms. The van der Waals surface area contributed by atoms with E-state index in [1.165, 1.54) is 7.11 Å². The zero-order valence-electron chi connectivity index (χ0n) is 25.7. The zero-order chi connectivity index (χ0) is 31.7. The molecule has 2 aromatic rings. The topological polar surface area (TPSA) is 135 Å². The number of esters is 2. The van der Waals surface area contributed by atoms with Crippen molar-refractivity contribution in [2.45, 2.75) is 64.3 Å². The van der Waals surface area contributed by atoms with Crippen LogP contribution < -0.4 is 14.6 Å². The number of nitrogens with zero attached hydrogens (tertiary/aromatic N) is 1. The molecule has 0 bridgehead atoms. The van der Waals surface area contributed by atoms with Crippen molar-refractivity contribution >= 4 is 18.0 Å². The van der Waals surface area contributed by atoms with Crippen LogP contribution in [-0.2, 0) is 23.7 Å². The summed E-state index contributed by atoms with van der Waals surface area (Å²) >= 11 is 0. The summed E-state index contributed by atoms with van der Waals surface area (Å²) in [5.41, 5.74) is 10.1. The predicted octanol–water partition coefficient (Wildman–Crippen LogP) is 4.05. The number of methoxy groups -OCH3 is 1. The van der Waals surface area contributed by atoms with Gasteiger partial charge in [0.25, 0.3) is 0 Å². The average Bonchev–Trinajstić information content (AvgIpc) is 3.31. The first-order chi connectivity index (χ1) is 21.1. The number of ether oxygens (including phenoxy) is 7. The summed E-state index contributed by atoms with van der Waals surface area (Å²) in [7, 11) is 1.48. The molecule has 1 saturated heterocycles. The van der Waals surface area contributed by atoms with Crippen molar-refractivity contribution in [3.8, 4) is 11.5 Å². The number of cyclic esters (lactones) is 1. The highest BCUT2D eigenvalue weighted by Crippen LogP contribution is 2.36. The number of benzene rings is 2. The molecular weight excluding hydrogens is 568 g/mol. The van der Waals surface area contributed by atoms with E-state index in [9.17, 15) is 9.59 Å². The average molecular weight is 609 g/mol. The first kappa shape index (κ1) is 32.8. The van der Waals surface area contributed by atoms with Crippen LogP contribution in [-0.4, -0.2) is 69.2 Å². The number of nitrogens with one attached hydrogen (secondary N) is 1. The Morgan fingerprint density at radius 3 is 2.59 bits per heavy atom. The molecule has 44 heavy (non-hydrogen) atoms. The molecule has 2 aliphatic rings. The molecule has 2 aromatic carbocycles. The van der Waals surface area contributed by atoms with Gasteiger partial charge in [-0.05, 0) is 57.0 Å². The molecule has 4 rings (SSSR count). The van der Waals surface area contributed by atoms with E-state index in [1.807, 2.05) is 44.1 Å². The van der Waals surface area contributed by atoms with E-state index in [4.69, 9.17) is 38.7 Å². The molecule has 2 unspecified atom stereocenters. The first-order valence-electron chi connectivity index (χ1n) is 14.6. The predicted molar refractivity (Wildman–Crippen MR) is 160 cm³/mol. The molecule has 1 fully saturated rings. The fraction of sp³-hybridized carbons (Fsp3) is 0.455. The van der Waals surface area contributed by atoms with Crippen molar-refractivity contribution in [2.24, 2.45) is 5.92 Å². The van der Waals surface area contributed by atoms with Gasteiger partial charge in [-0.15, -0.1) is 0 Å². The minimum Gasteiger partial charge on any atom is -0.508 e. The lowest BCUT2D eigenvalue weighted by molar-refractivity contribution is -0.482. The van der Waals surface area contributed by atoms with Crippen LogP contribution in [0.3, 0.4) is 0 Å². The Balaban J connectivity index is 1.74. The van der Waals surface area contributed by atoms with Crippen LogP contribution in [0.15, 0.2) is 60.7 Å². The summed E-state index contributed by atoms with van der Waals surface area (Å²) < 4.78 is 41.1. The number of hydrogen-bond acceptors (Lipinski definition) is 9. The van der Waals surface area contributed by atoms with E-state index in [0.29, 0.717) is 23.3 Å². The Morgan fingerprint density at radius 2 is 1.86 bits per heavy atom. The van der Waals surface area contributed by atoms with Crippen LogP contribution in [0.5, 0.6) is 11.5 Å². The Kier molecular flexibility index (Phi) is 11.3. The molecule has 2 heterocycles. The fourth-order valence-electron chi connectivity index (χ4n) is 4.91. The van der Waals surface area contributed by atoms with E-state index >= 15 is 0 Å². The van der Waals surface area contributed by atoms with Gasteiger partial charge in [0.15, 0.2) is 19.1 Å². The molecular formula is C33H40N2O9. The molecule has 0 aliphatic carbocycles. The maximum absolute atomic E-state index is 13.6. The molecule has 5 atom stereocenters. The third-order valence-corrected chi connectivity index (χ3v) is 7.23. The third-order valence-electron chi connectivity index (χ3n) is 7.23. The zero-order valence-corrected chi connectivity index (χ0v) is 25.7. The molecule has 11 heteroatoms. The van der Waals surface area contributed by atoms with Crippen LogP contribution in [0.4, 0.5) is 0 Å². The summed E-state index contributed by atoms with van der Waals surface area (Å²) in [6.45, 7) is 7.57. The van der Waals surface area contributed by atoms with Gasteiger partial charge in [-0.3, -0.25) is 0 Å². The number of rotatable bonds is 9. The van der Waals surface area contributed by atoms with Crippen LogP contribution in [0.1, 0.15) is 60.4 Å². The smallest absolute Gasteiger partial charge is 0.342 e. The number of fused-ring (bicyclic) bond motifs is 2. The van der Waals surface area contributed by atoms with Gasteiger partial charge in [0.05, 0.1) is 11.7 Å². The van der Waals surface area contributed by atoms with E-state index in [2.05, 4.69) is 0 Å². The van der Waals surface area contributed by atoms with Crippen molar-refractivity contribution < 1.29 is 47.9 Å². The van der Waals surface area contributed by atoms with E-state index in [-0.39, 0.29) is 37.2 Å². The lowest BCUT2D eigenvalue weighted by Gasteiger charge is -2.25. The van der Waals surface area contributed by atoms with Crippen LogP contribution in [0.2, 0.25) is 0 Å². The first-order valence-corrected chi connectivity index (χ1v) is 14.6. The second kappa shape index (κ2) is 15.1. The van der Waals surface area contributed by atoms with Crippen LogP contribution >= 0.6 is 0 Å². The highest BCUT2D eigenvalue weighted by atomic mass is 16.8. The van der Waals surface area contributed by atoms with Crippen molar-refractivity contribution in [3.63, 3.8) is 0 Å². The SMILES string of the molecule is COCOc1cc(OCC[NH+]=[N-])cc2c1C(=O)O[C@@H](C)[C@H](C)/C=C\C(OC(=O)c1ccccc1)C1OC(C)(C)O[C@H]1C/C=C/2. The Labute approximate surface area is 257 Å². The second-order valence-electron chi connectivity index (χ2n) is 11.1. The number of carbonyl (C=O) groups is 2. The van der Waals surface area contributed by atoms with Gasteiger partial charge in [-0.25, -0.2) is 9.59 Å². The summed E-state index contributed by atoms with van der Waals surface area (Å²) in [5.74, 6) is -1.62. The normalized spacial score (nSPS) is 26.2. The lowest BCUT2D eigenvalue weighted by Crippen LogP contribution is -2.64. The summed E-state index contributed by atoms with van der Waals surface area (Å²) in [6, 6.07) is 12.0. The summed E-state index contributed by atoms with van der Waals surface area (Å²) in [6.07, 6.45) is 5.18. The van der Waals surface area contributed by atoms with Crippen molar-refractivity contribution in [3.05, 3.63) is 82.9 Å². The third kappa shape index (κ3) is 8.52. The minimum absolute atomic E-state index is 0.104. The van der Waals surface area contributed by atoms with Crippen molar-refractivity contribution in [1.29, 1.82) is 0 Å². The van der Waals surface area contributed by atoms with Crippen molar-refractivity contribution in [1.82, 2.24) is 0 Å². The second-order valence-corrected chi connectivity index (χ2v) is 11.1. The highest BCUT2D eigenvalue weighted by Gasteiger charge is 2.45. The van der Waals surface area contributed by atoms with Gasteiger partial charge < -0.3 is 43.8 Å². The van der Waals surface area contributed by atoms with E-state index in [1.54, 1.807) is 55.5 Å². The Morgan fingerprint density at radius 1 is 1.09 bits per heavy atom. The Hall–Kier alpha value is -4.06. The van der Waals surface area contributed by atoms with Gasteiger partial charge >= 0.3 is 11.9 Å². The molecule has 0 aromatic heterocycles. The molecule has 0 amide bonds. The largest absolute Gasteiger partial charge is 0.508 e. The molecule has 1 N–H and O–H groups in total. The van der Waals surface area contributed by atoms with Gasteiger partial charge in [0, 0.05) is 19.1 Å². The maximum atomic E-state index is 13.6. The van der Waals surface area contributed by atoms with Crippen LogP contribution in [0, 0.1) is 5.92 Å². The molecule has 236 valence electrons. The molecule has 11 nitrogen and oxygen atoms in total. The minimum atomic E-state index is -0.929. The molecule has 0 radical (unpaired) electrons. The molecule has 0 saturated carbocycles. The summed E-state index contributed by atoms with van der Waals surface area (Å²) in [4.78, 5) is 26.7. The van der Waals surface area contributed by atoms with Gasteiger partial charge in [0.2, 0.25) is 0 Å². The van der Waals surface area contributed by atoms with Gasteiger partial charge in [0.1, 0.15) is 42.0 Å². The highest BCUT2D eigenvalue weighted by molar-refractivity contribution is 5.97. The Bertz CT molecular complexity index is 1360. The van der Waals surface area contributed by atoms with E-state index in [0.717, 1.165) is 0 Å². The fourth-order valence-corrected chi connectivity index (χ4v) is 4.91. The lowest BCUT2D eigenvalue weighted by atomic mass is 9.98. The monoisotopic (exact) mass is 608 g/mol. The summed E-state index contributed by atoms with van der Waals surface area (Å²) in [5, 5.41) is 2.05. The maximum Gasteiger partial charge on any atom is 0.342 e. The van der Waals surface area contributed by atoms with Gasteiger partial charge in [-0.1, -0.05) is 43.4 Å². The molecule has 2 aliphatic heterocycles. The van der Waals surface area contributed by atoms with Crippen molar-refractivity contribution in [2.75, 3.05) is 27.1 Å². The standard InChI is InChI=1S/C33H40N2O9/c1-21-14-15-26(42-31(36)23-10-7-6-8-11-23)30-27(43-33(3,4)44-30)13-9-12-24-18-25(39-17-16-35-34)19-28(40-20-38-5)29(24)32(37)41-22(21)2/h6-12,14-15,18-19,21-22,26-27,30,35H,13,16-17,20H2,1-5H3/b12-9+,15-14-/t21-,22+,26?,27+,30?/m1/s1. The van der Waals surface area contributed by atoms with E-state index < -0.39 is 42.1 Å².